The predicted octanol–water partition coefficient (Wildman–Crippen LogP) is 2.87. The van der Waals surface area contributed by atoms with E-state index in [9.17, 15) is 4.39 Å². The lowest BCUT2D eigenvalue weighted by atomic mass is 10.1. The molecule has 2 aromatic rings. The first kappa shape index (κ1) is 13.6. The van der Waals surface area contributed by atoms with Gasteiger partial charge in [-0.15, -0.1) is 0 Å². The standard InChI is InChI=1S/C15H18FN3/c1-3-13(17)9-14-8-10(2)18-15(19-14)11-4-6-12(16)7-5-11/h4-8,13H,3,9,17H2,1-2H3. The smallest absolute Gasteiger partial charge is 0.159 e. The Hall–Kier alpha value is -1.81. The SMILES string of the molecule is CCC(N)Cc1cc(C)nc(-c2ccc(F)cc2)n1. The first-order valence-corrected chi connectivity index (χ1v) is 6.44. The summed E-state index contributed by atoms with van der Waals surface area (Å²) in [7, 11) is 0. The van der Waals surface area contributed by atoms with Crippen LogP contribution in [0.3, 0.4) is 0 Å². The molecular weight excluding hydrogens is 241 g/mol. The molecule has 0 fully saturated rings. The van der Waals surface area contributed by atoms with Gasteiger partial charge in [-0.05, 0) is 43.7 Å². The first-order valence-electron chi connectivity index (χ1n) is 6.44. The van der Waals surface area contributed by atoms with Crippen molar-refractivity contribution in [2.75, 3.05) is 0 Å². The monoisotopic (exact) mass is 259 g/mol. The third kappa shape index (κ3) is 3.58. The molecular formula is C15H18FN3. The highest BCUT2D eigenvalue weighted by molar-refractivity contribution is 5.54. The molecule has 0 aliphatic rings. The van der Waals surface area contributed by atoms with Crippen LogP contribution in [0.5, 0.6) is 0 Å². The zero-order valence-electron chi connectivity index (χ0n) is 11.2. The summed E-state index contributed by atoms with van der Waals surface area (Å²) in [5, 5.41) is 0. The van der Waals surface area contributed by atoms with Crippen LogP contribution in [0, 0.1) is 12.7 Å². The highest BCUT2D eigenvalue weighted by atomic mass is 19.1. The molecule has 3 nitrogen and oxygen atoms in total. The number of nitrogens with zero attached hydrogens (tertiary/aromatic N) is 2. The van der Waals surface area contributed by atoms with Crippen LogP contribution in [0.2, 0.25) is 0 Å². The van der Waals surface area contributed by atoms with Gasteiger partial charge in [0.15, 0.2) is 5.82 Å². The zero-order valence-corrected chi connectivity index (χ0v) is 11.2. The second-order valence-electron chi connectivity index (χ2n) is 4.70. The van der Waals surface area contributed by atoms with E-state index in [0.29, 0.717) is 5.82 Å². The molecule has 19 heavy (non-hydrogen) atoms. The highest BCUT2D eigenvalue weighted by Crippen LogP contribution is 2.17. The maximum Gasteiger partial charge on any atom is 0.159 e. The number of aryl methyl sites for hydroxylation is 1. The van der Waals surface area contributed by atoms with Crippen LogP contribution < -0.4 is 5.73 Å². The summed E-state index contributed by atoms with van der Waals surface area (Å²) in [5.41, 5.74) is 8.60. The van der Waals surface area contributed by atoms with E-state index in [1.165, 1.54) is 12.1 Å². The fourth-order valence-electron chi connectivity index (χ4n) is 1.88. The molecule has 0 saturated carbocycles. The molecule has 2 N–H and O–H groups in total. The van der Waals surface area contributed by atoms with Gasteiger partial charge in [-0.3, -0.25) is 0 Å². The average Bonchev–Trinajstić information content (AvgIpc) is 2.38. The summed E-state index contributed by atoms with van der Waals surface area (Å²) in [6, 6.07) is 8.26. The van der Waals surface area contributed by atoms with E-state index in [4.69, 9.17) is 5.73 Å². The van der Waals surface area contributed by atoms with Crippen molar-refractivity contribution in [3.63, 3.8) is 0 Å². The summed E-state index contributed by atoms with van der Waals surface area (Å²) in [4.78, 5) is 8.90. The van der Waals surface area contributed by atoms with Gasteiger partial charge in [0.2, 0.25) is 0 Å². The van der Waals surface area contributed by atoms with E-state index in [1.54, 1.807) is 12.1 Å². The largest absolute Gasteiger partial charge is 0.327 e. The molecule has 2 rings (SSSR count). The Morgan fingerprint density at radius 1 is 1.21 bits per heavy atom. The average molecular weight is 259 g/mol. The summed E-state index contributed by atoms with van der Waals surface area (Å²) in [5.74, 6) is 0.364. The molecule has 0 saturated heterocycles. The normalized spacial score (nSPS) is 12.4. The van der Waals surface area contributed by atoms with Gasteiger partial charge in [-0.2, -0.15) is 0 Å². The fourth-order valence-corrected chi connectivity index (χ4v) is 1.88. The molecule has 0 amide bonds. The van der Waals surface area contributed by atoms with E-state index in [0.717, 1.165) is 29.8 Å². The van der Waals surface area contributed by atoms with Crippen LogP contribution in [0.1, 0.15) is 24.7 Å². The van der Waals surface area contributed by atoms with E-state index >= 15 is 0 Å². The molecule has 0 aliphatic heterocycles. The van der Waals surface area contributed by atoms with E-state index in [2.05, 4.69) is 16.9 Å². The lowest BCUT2D eigenvalue weighted by Gasteiger charge is -2.10. The van der Waals surface area contributed by atoms with Crippen molar-refractivity contribution in [1.29, 1.82) is 0 Å². The lowest BCUT2D eigenvalue weighted by Crippen LogP contribution is -2.22. The van der Waals surface area contributed by atoms with Gasteiger partial charge in [0.25, 0.3) is 0 Å². The Labute approximate surface area is 112 Å². The predicted molar refractivity (Wildman–Crippen MR) is 74.1 cm³/mol. The lowest BCUT2D eigenvalue weighted by molar-refractivity contribution is 0.628. The first-order chi connectivity index (χ1) is 9.08. The van der Waals surface area contributed by atoms with Crippen molar-refractivity contribution in [2.45, 2.75) is 32.7 Å². The number of aromatic nitrogens is 2. The van der Waals surface area contributed by atoms with Gasteiger partial charge < -0.3 is 5.73 Å². The van der Waals surface area contributed by atoms with E-state index in [-0.39, 0.29) is 11.9 Å². The molecule has 1 aromatic heterocycles. The second-order valence-corrected chi connectivity index (χ2v) is 4.70. The topological polar surface area (TPSA) is 51.8 Å². The van der Waals surface area contributed by atoms with Crippen LogP contribution in [0.4, 0.5) is 4.39 Å². The summed E-state index contributed by atoms with van der Waals surface area (Å²) in [6.45, 7) is 3.98. The van der Waals surface area contributed by atoms with Gasteiger partial charge >= 0.3 is 0 Å². The maximum atomic E-state index is 12.9. The van der Waals surface area contributed by atoms with Crippen molar-refractivity contribution in [3.8, 4) is 11.4 Å². The Kier molecular flexibility index (Phi) is 4.22. The number of hydrogen-bond donors (Lipinski definition) is 1. The zero-order chi connectivity index (χ0) is 13.8. The van der Waals surface area contributed by atoms with Gasteiger partial charge in [-0.1, -0.05) is 6.92 Å². The van der Waals surface area contributed by atoms with Gasteiger partial charge in [0.05, 0.1) is 0 Å². The number of rotatable bonds is 4. The quantitative estimate of drug-likeness (QED) is 0.918. The number of benzene rings is 1. The van der Waals surface area contributed by atoms with E-state index in [1.807, 2.05) is 13.0 Å². The Balaban J connectivity index is 2.33. The van der Waals surface area contributed by atoms with Gasteiger partial charge in [0.1, 0.15) is 5.82 Å². The summed E-state index contributed by atoms with van der Waals surface area (Å²) in [6.07, 6.45) is 1.64. The van der Waals surface area contributed by atoms with Gasteiger partial charge in [0, 0.05) is 29.4 Å². The molecule has 1 unspecified atom stereocenters. The molecule has 0 radical (unpaired) electrons. The van der Waals surface area contributed by atoms with Crippen molar-refractivity contribution in [2.24, 2.45) is 5.73 Å². The minimum absolute atomic E-state index is 0.107. The highest BCUT2D eigenvalue weighted by Gasteiger charge is 2.08. The molecule has 1 heterocycles. The molecule has 4 heteroatoms. The summed E-state index contributed by atoms with van der Waals surface area (Å²) < 4.78 is 12.9. The Bertz CT molecular complexity index is 552. The third-order valence-corrected chi connectivity index (χ3v) is 3.01. The van der Waals surface area contributed by atoms with Crippen molar-refractivity contribution in [3.05, 3.63) is 47.5 Å². The van der Waals surface area contributed by atoms with Crippen LogP contribution in [0.15, 0.2) is 30.3 Å². The van der Waals surface area contributed by atoms with E-state index < -0.39 is 0 Å². The molecule has 0 bridgehead atoms. The molecule has 0 aliphatic carbocycles. The number of hydrogen-bond acceptors (Lipinski definition) is 3. The minimum atomic E-state index is -0.260. The summed E-state index contributed by atoms with van der Waals surface area (Å²) >= 11 is 0. The Morgan fingerprint density at radius 2 is 1.89 bits per heavy atom. The second kappa shape index (κ2) is 5.89. The van der Waals surface area contributed by atoms with Gasteiger partial charge in [-0.25, -0.2) is 14.4 Å². The number of nitrogens with two attached hydrogens (primary N) is 1. The van der Waals surface area contributed by atoms with Crippen LogP contribution in [0.25, 0.3) is 11.4 Å². The van der Waals surface area contributed by atoms with Crippen LogP contribution in [-0.2, 0) is 6.42 Å². The number of halogens is 1. The molecule has 100 valence electrons. The molecule has 1 aromatic carbocycles. The minimum Gasteiger partial charge on any atom is -0.327 e. The van der Waals surface area contributed by atoms with Crippen molar-refractivity contribution >= 4 is 0 Å². The third-order valence-electron chi connectivity index (χ3n) is 3.01. The molecule has 1 atom stereocenters. The fraction of sp³-hybridized carbons (Fsp3) is 0.333. The van der Waals surface area contributed by atoms with Crippen LogP contribution >= 0.6 is 0 Å². The van der Waals surface area contributed by atoms with Crippen molar-refractivity contribution in [1.82, 2.24) is 9.97 Å². The molecule has 0 spiro atoms. The Morgan fingerprint density at radius 3 is 2.53 bits per heavy atom. The van der Waals surface area contributed by atoms with Crippen LogP contribution in [-0.4, -0.2) is 16.0 Å². The maximum absolute atomic E-state index is 12.9. The van der Waals surface area contributed by atoms with Crippen molar-refractivity contribution < 1.29 is 4.39 Å².